The third kappa shape index (κ3) is 15.5. The van der Waals surface area contributed by atoms with Crippen LogP contribution >= 0.6 is 0 Å². The van der Waals surface area contributed by atoms with Crippen molar-refractivity contribution in [2.75, 3.05) is 42.6 Å². The van der Waals surface area contributed by atoms with Gasteiger partial charge < -0.3 is 16.4 Å². The summed E-state index contributed by atoms with van der Waals surface area (Å²) < 4.78 is 47.3. The molecule has 0 saturated heterocycles. The van der Waals surface area contributed by atoms with Gasteiger partial charge >= 0.3 is 0 Å². The maximum atomic E-state index is 11.8. The second kappa shape index (κ2) is 13.1. The predicted octanol–water partition coefficient (Wildman–Crippen LogP) is -0.551. The van der Waals surface area contributed by atoms with Crippen molar-refractivity contribution in [3.63, 3.8) is 0 Å². The maximum absolute atomic E-state index is 11.8. The summed E-state index contributed by atoms with van der Waals surface area (Å²) in [4.78, 5) is 23.4. The van der Waals surface area contributed by atoms with Crippen molar-refractivity contribution in [2.24, 2.45) is 11.5 Å². The molecule has 0 radical (unpaired) electrons. The van der Waals surface area contributed by atoms with Gasteiger partial charge in [-0.15, -0.1) is 0 Å². The highest BCUT2D eigenvalue weighted by molar-refractivity contribution is 7.92. The lowest BCUT2D eigenvalue weighted by Crippen LogP contribution is -2.37. The number of carbonyl (C=O) groups excluding carboxylic acids is 2. The molecular weight excluding hydrogens is 394 g/mol. The van der Waals surface area contributed by atoms with Gasteiger partial charge in [-0.3, -0.25) is 9.59 Å². The van der Waals surface area contributed by atoms with Crippen LogP contribution in [0.5, 0.6) is 0 Å². The van der Waals surface area contributed by atoms with Crippen molar-refractivity contribution in [3.05, 3.63) is 0 Å². The van der Waals surface area contributed by atoms with E-state index < -0.39 is 43.0 Å². The molecule has 2 amide bonds. The molecule has 0 bridgehead atoms. The number of primary amides is 2. The molecule has 0 aliphatic heterocycles. The quantitative estimate of drug-likeness (QED) is 0.295. The lowest BCUT2D eigenvalue weighted by molar-refractivity contribution is -0.116. The number of sulfone groups is 2. The number of hydrogen-bond donors (Lipinski definition) is 2. The van der Waals surface area contributed by atoms with Crippen molar-refractivity contribution >= 4 is 31.5 Å². The highest BCUT2D eigenvalue weighted by atomic mass is 32.2. The number of nitrogens with two attached hydrogens (primary N) is 2. The Morgan fingerprint density at radius 1 is 0.704 bits per heavy atom. The summed E-state index contributed by atoms with van der Waals surface area (Å²) in [5.41, 5.74) is 9.86. The van der Waals surface area contributed by atoms with Crippen molar-refractivity contribution < 1.29 is 26.4 Å². The number of rotatable bonds is 17. The van der Waals surface area contributed by atoms with Crippen LogP contribution in [0.3, 0.4) is 0 Å². The molecule has 0 aliphatic rings. The molecule has 0 rings (SSSR count). The SMILES string of the molecule is CCCCCCCCN(CCS(=O)(=O)CC(N)=O)CCS(=O)(=O)CC(N)=O. The molecule has 0 aromatic carbocycles. The van der Waals surface area contributed by atoms with Crippen LogP contribution in [0.4, 0.5) is 0 Å². The summed E-state index contributed by atoms with van der Waals surface area (Å²) in [6.45, 7) is 2.89. The third-order valence-corrected chi connectivity index (χ3v) is 7.05. The van der Waals surface area contributed by atoms with Crippen molar-refractivity contribution in [2.45, 2.75) is 45.4 Å². The lowest BCUT2D eigenvalue weighted by Gasteiger charge is -2.22. The molecule has 11 heteroatoms. The zero-order chi connectivity index (χ0) is 20.9. The number of amides is 2. The average Bonchev–Trinajstić information content (AvgIpc) is 2.50. The minimum Gasteiger partial charge on any atom is -0.369 e. The molecule has 0 spiro atoms. The number of nitrogens with zero attached hydrogens (tertiary/aromatic N) is 1. The molecule has 9 nitrogen and oxygen atoms in total. The van der Waals surface area contributed by atoms with Crippen LogP contribution in [0.15, 0.2) is 0 Å². The molecule has 160 valence electrons. The molecule has 0 unspecified atom stereocenters. The molecule has 0 saturated carbocycles. The minimum atomic E-state index is -3.63. The highest BCUT2D eigenvalue weighted by Crippen LogP contribution is 2.07. The van der Waals surface area contributed by atoms with Crippen LogP contribution in [0.25, 0.3) is 0 Å². The fourth-order valence-corrected chi connectivity index (χ4v) is 4.79. The van der Waals surface area contributed by atoms with Crippen molar-refractivity contribution in [1.29, 1.82) is 0 Å². The topological polar surface area (TPSA) is 158 Å². The first-order valence-electron chi connectivity index (χ1n) is 9.17. The Bertz CT molecular complexity index is 612. The van der Waals surface area contributed by atoms with Gasteiger partial charge in [0.1, 0.15) is 11.5 Å². The number of carbonyl (C=O) groups is 2. The Hall–Kier alpha value is -1.20. The van der Waals surface area contributed by atoms with E-state index in [1.165, 1.54) is 6.42 Å². The van der Waals surface area contributed by atoms with Gasteiger partial charge in [-0.1, -0.05) is 39.0 Å². The normalized spacial score (nSPS) is 12.4. The highest BCUT2D eigenvalue weighted by Gasteiger charge is 2.19. The van der Waals surface area contributed by atoms with Gasteiger partial charge in [0.25, 0.3) is 0 Å². The Labute approximate surface area is 162 Å². The summed E-state index contributed by atoms with van der Waals surface area (Å²) in [7, 11) is -7.26. The van der Waals surface area contributed by atoms with E-state index in [1.54, 1.807) is 4.90 Å². The Balaban J connectivity index is 4.65. The predicted molar refractivity (Wildman–Crippen MR) is 106 cm³/mol. The van der Waals surface area contributed by atoms with Gasteiger partial charge in [0, 0.05) is 13.1 Å². The summed E-state index contributed by atoms with van der Waals surface area (Å²) in [6, 6.07) is 0. The largest absolute Gasteiger partial charge is 0.369 e. The van der Waals surface area contributed by atoms with Crippen molar-refractivity contribution in [1.82, 2.24) is 4.90 Å². The van der Waals surface area contributed by atoms with Crippen molar-refractivity contribution in [3.8, 4) is 0 Å². The Morgan fingerprint density at radius 3 is 1.52 bits per heavy atom. The molecule has 0 aromatic heterocycles. The average molecular weight is 428 g/mol. The van der Waals surface area contributed by atoms with Crippen LogP contribution in [0.2, 0.25) is 0 Å². The van der Waals surface area contributed by atoms with Crippen LogP contribution < -0.4 is 11.5 Å². The van der Waals surface area contributed by atoms with E-state index in [1.807, 2.05) is 0 Å². The Kier molecular flexibility index (Phi) is 12.5. The van der Waals surface area contributed by atoms with Gasteiger partial charge in [0.2, 0.25) is 11.8 Å². The van der Waals surface area contributed by atoms with Crippen LogP contribution in [-0.2, 0) is 29.3 Å². The summed E-state index contributed by atoms with van der Waals surface area (Å²) in [6.07, 6.45) is 6.30. The zero-order valence-corrected chi connectivity index (χ0v) is 17.7. The summed E-state index contributed by atoms with van der Waals surface area (Å²) in [5, 5.41) is 0. The number of hydrogen-bond acceptors (Lipinski definition) is 7. The third-order valence-electron chi connectivity index (χ3n) is 3.99. The van der Waals surface area contributed by atoms with Gasteiger partial charge in [0.05, 0.1) is 11.5 Å². The van der Waals surface area contributed by atoms with Crippen LogP contribution in [0, 0.1) is 0 Å². The first-order chi connectivity index (χ1) is 12.5. The lowest BCUT2D eigenvalue weighted by atomic mass is 10.1. The summed E-state index contributed by atoms with van der Waals surface area (Å²) >= 11 is 0. The molecule has 0 heterocycles. The van der Waals surface area contributed by atoms with E-state index in [-0.39, 0.29) is 24.6 Å². The molecule has 0 aromatic rings. The standard InChI is InChI=1S/C16H33N3O6S2/c1-2-3-4-5-6-7-8-19(9-11-26(22,23)13-15(17)20)10-12-27(24,25)14-16(18)21/h2-14H2,1H3,(H2,17,20)(H2,18,21). The fraction of sp³-hybridized carbons (Fsp3) is 0.875. The minimum absolute atomic E-state index is 0.108. The maximum Gasteiger partial charge on any atom is 0.232 e. The van der Waals surface area contributed by atoms with Crippen LogP contribution in [-0.4, -0.2) is 76.2 Å². The van der Waals surface area contributed by atoms with E-state index >= 15 is 0 Å². The zero-order valence-electron chi connectivity index (χ0n) is 16.1. The molecular formula is C16H33N3O6S2. The molecule has 0 fully saturated rings. The monoisotopic (exact) mass is 427 g/mol. The van der Waals surface area contributed by atoms with Gasteiger partial charge in [-0.25, -0.2) is 16.8 Å². The second-order valence-electron chi connectivity index (χ2n) is 6.73. The second-order valence-corrected chi connectivity index (χ2v) is 11.1. The van der Waals surface area contributed by atoms with E-state index in [9.17, 15) is 26.4 Å². The fourth-order valence-electron chi connectivity index (χ4n) is 2.57. The van der Waals surface area contributed by atoms with Crippen LogP contribution in [0.1, 0.15) is 45.4 Å². The smallest absolute Gasteiger partial charge is 0.232 e. The number of unbranched alkanes of at least 4 members (excludes halogenated alkanes) is 5. The van der Waals surface area contributed by atoms with E-state index in [0.29, 0.717) is 6.54 Å². The van der Waals surface area contributed by atoms with Gasteiger partial charge in [-0.2, -0.15) is 0 Å². The first-order valence-corrected chi connectivity index (χ1v) is 12.8. The molecule has 0 aliphatic carbocycles. The summed E-state index contributed by atoms with van der Waals surface area (Å²) in [5.74, 6) is -3.83. The Morgan fingerprint density at radius 2 is 1.11 bits per heavy atom. The van der Waals surface area contributed by atoms with Gasteiger partial charge in [-0.05, 0) is 13.0 Å². The molecule has 27 heavy (non-hydrogen) atoms. The molecule has 4 N–H and O–H groups in total. The van der Waals surface area contributed by atoms with E-state index in [2.05, 4.69) is 6.92 Å². The molecule has 0 atom stereocenters. The first kappa shape index (κ1) is 25.8. The van der Waals surface area contributed by atoms with Gasteiger partial charge in [0.15, 0.2) is 19.7 Å². The van der Waals surface area contributed by atoms with E-state index in [4.69, 9.17) is 11.5 Å². The van der Waals surface area contributed by atoms with E-state index in [0.717, 1.165) is 32.1 Å².